The highest BCUT2D eigenvalue weighted by atomic mass is 32.2. The van der Waals surface area contributed by atoms with Crippen molar-refractivity contribution < 1.29 is 16.8 Å². The molecule has 0 saturated carbocycles. The third-order valence-corrected chi connectivity index (χ3v) is 8.40. The molecule has 0 spiro atoms. The van der Waals surface area contributed by atoms with Gasteiger partial charge in [-0.05, 0) is 32.1 Å². The minimum absolute atomic E-state index is 0.0513. The molecule has 1 aliphatic rings. The van der Waals surface area contributed by atoms with Gasteiger partial charge in [-0.15, -0.1) is 0 Å². The van der Waals surface area contributed by atoms with Crippen LogP contribution in [0.4, 0.5) is 0 Å². The second kappa shape index (κ2) is 5.57. The van der Waals surface area contributed by atoms with Crippen LogP contribution in [0.3, 0.4) is 0 Å². The Bertz CT molecular complexity index is 541. The molecule has 0 aliphatic carbocycles. The molecule has 0 bridgehead atoms. The van der Waals surface area contributed by atoms with Crippen LogP contribution in [0.25, 0.3) is 0 Å². The van der Waals surface area contributed by atoms with Gasteiger partial charge in [0.05, 0.1) is 16.3 Å². The van der Waals surface area contributed by atoms with Crippen molar-refractivity contribution in [3.05, 3.63) is 0 Å². The van der Waals surface area contributed by atoms with Crippen LogP contribution >= 0.6 is 0 Å². The summed E-state index contributed by atoms with van der Waals surface area (Å²) in [7, 11) is -6.61. The number of nitrogens with zero attached hydrogens (tertiary/aromatic N) is 1. The Morgan fingerprint density at radius 3 is 2.20 bits per heavy atom. The minimum Gasteiger partial charge on any atom is -0.228 e. The van der Waals surface area contributed by atoms with Crippen LogP contribution in [-0.2, 0) is 19.9 Å². The summed E-state index contributed by atoms with van der Waals surface area (Å²) in [5.74, 6) is -0.00821. The van der Waals surface area contributed by atoms with Gasteiger partial charge < -0.3 is 0 Å². The van der Waals surface area contributed by atoms with Gasteiger partial charge in [-0.3, -0.25) is 0 Å². The molecule has 5 nitrogen and oxygen atoms in total. The summed E-state index contributed by atoms with van der Waals surface area (Å²) in [6, 6.07) is 0. The first-order valence-corrected chi connectivity index (χ1v) is 10.2. The zero-order valence-electron chi connectivity index (χ0n) is 13.1. The SMILES string of the molecule is CC(C)(C)CCS(=O)(=O)N1CCC(C)(C)S(=O)(=O)CC1. The van der Waals surface area contributed by atoms with Gasteiger partial charge >= 0.3 is 0 Å². The molecule has 0 aromatic carbocycles. The van der Waals surface area contributed by atoms with E-state index < -0.39 is 24.6 Å². The first-order chi connectivity index (χ1) is 8.77. The summed E-state index contributed by atoms with van der Waals surface area (Å²) in [4.78, 5) is 0. The summed E-state index contributed by atoms with van der Waals surface area (Å²) in [6.07, 6.45) is 0.923. The molecule has 0 aromatic heterocycles. The smallest absolute Gasteiger partial charge is 0.214 e. The van der Waals surface area contributed by atoms with Crippen LogP contribution in [0.5, 0.6) is 0 Å². The van der Waals surface area contributed by atoms with Crippen molar-refractivity contribution >= 4 is 19.9 Å². The Morgan fingerprint density at radius 2 is 1.70 bits per heavy atom. The summed E-state index contributed by atoms with van der Waals surface area (Å²) < 4.78 is 49.4. The Balaban J connectivity index is 2.84. The predicted molar refractivity (Wildman–Crippen MR) is 81.9 cm³/mol. The van der Waals surface area contributed by atoms with E-state index in [1.807, 2.05) is 20.8 Å². The lowest BCUT2D eigenvalue weighted by molar-refractivity contribution is 0.379. The van der Waals surface area contributed by atoms with Crippen LogP contribution in [0, 0.1) is 5.41 Å². The lowest BCUT2D eigenvalue weighted by Gasteiger charge is -2.24. The number of rotatable bonds is 3. The zero-order chi connectivity index (χ0) is 15.8. The van der Waals surface area contributed by atoms with E-state index in [2.05, 4.69) is 0 Å². The average molecular weight is 325 g/mol. The minimum atomic E-state index is -3.37. The van der Waals surface area contributed by atoms with E-state index in [0.29, 0.717) is 19.4 Å². The molecule has 1 saturated heterocycles. The summed E-state index contributed by atoms with van der Waals surface area (Å²) in [5.41, 5.74) is -0.0513. The fourth-order valence-electron chi connectivity index (χ4n) is 2.00. The molecule has 0 amide bonds. The third-order valence-electron chi connectivity index (χ3n) is 3.92. The van der Waals surface area contributed by atoms with E-state index in [9.17, 15) is 16.8 Å². The highest BCUT2D eigenvalue weighted by Gasteiger charge is 2.39. The third kappa shape index (κ3) is 4.43. The van der Waals surface area contributed by atoms with E-state index in [4.69, 9.17) is 0 Å². The summed E-state index contributed by atoms with van der Waals surface area (Å²) in [5, 5.41) is 0. The molecule has 7 heteroatoms. The second-order valence-corrected chi connectivity index (χ2v) is 12.2. The Hall–Kier alpha value is -0.140. The number of sulfonamides is 1. The van der Waals surface area contributed by atoms with E-state index in [1.54, 1.807) is 13.8 Å². The van der Waals surface area contributed by atoms with Gasteiger partial charge in [-0.2, -0.15) is 0 Å². The molecule has 0 N–H and O–H groups in total. The first-order valence-electron chi connectivity index (χ1n) is 6.97. The maximum atomic E-state index is 12.3. The maximum absolute atomic E-state index is 12.3. The number of sulfone groups is 1. The van der Waals surface area contributed by atoms with Crippen molar-refractivity contribution in [3.63, 3.8) is 0 Å². The molecule has 1 rings (SSSR count). The van der Waals surface area contributed by atoms with Crippen LogP contribution in [0.2, 0.25) is 0 Å². The van der Waals surface area contributed by atoms with Gasteiger partial charge in [0.25, 0.3) is 0 Å². The van der Waals surface area contributed by atoms with E-state index in [1.165, 1.54) is 4.31 Å². The van der Waals surface area contributed by atoms with Crippen LogP contribution in [0.15, 0.2) is 0 Å². The largest absolute Gasteiger partial charge is 0.228 e. The highest BCUT2D eigenvalue weighted by molar-refractivity contribution is 7.93. The predicted octanol–water partition coefficient (Wildman–Crippen LogP) is 1.65. The fraction of sp³-hybridized carbons (Fsp3) is 1.00. The van der Waals surface area contributed by atoms with E-state index in [-0.39, 0.29) is 23.5 Å². The van der Waals surface area contributed by atoms with Crippen molar-refractivity contribution in [1.29, 1.82) is 0 Å². The van der Waals surface area contributed by atoms with Gasteiger partial charge in [-0.25, -0.2) is 21.1 Å². The molecule has 0 aromatic rings. The van der Waals surface area contributed by atoms with Crippen molar-refractivity contribution in [2.75, 3.05) is 24.6 Å². The van der Waals surface area contributed by atoms with Crippen molar-refractivity contribution in [2.45, 2.75) is 52.2 Å². The van der Waals surface area contributed by atoms with E-state index >= 15 is 0 Å². The van der Waals surface area contributed by atoms with Gasteiger partial charge in [0.1, 0.15) is 0 Å². The fourth-order valence-corrected chi connectivity index (χ4v) is 5.40. The van der Waals surface area contributed by atoms with Gasteiger partial charge in [-0.1, -0.05) is 20.8 Å². The zero-order valence-corrected chi connectivity index (χ0v) is 14.8. The Labute approximate surface area is 123 Å². The Morgan fingerprint density at radius 1 is 1.15 bits per heavy atom. The number of hydrogen-bond donors (Lipinski definition) is 0. The number of hydrogen-bond acceptors (Lipinski definition) is 4. The maximum Gasteiger partial charge on any atom is 0.214 e. The molecule has 0 radical (unpaired) electrons. The molecule has 1 aliphatic heterocycles. The molecule has 1 heterocycles. The molecular weight excluding hydrogens is 298 g/mol. The van der Waals surface area contributed by atoms with Crippen molar-refractivity contribution in [1.82, 2.24) is 4.31 Å². The summed E-state index contributed by atoms with van der Waals surface area (Å²) in [6.45, 7) is 9.72. The van der Waals surface area contributed by atoms with Gasteiger partial charge in [0.15, 0.2) is 9.84 Å². The van der Waals surface area contributed by atoms with Gasteiger partial charge in [0, 0.05) is 13.1 Å². The molecular formula is C13H27NO4S2. The molecule has 1 fully saturated rings. The van der Waals surface area contributed by atoms with Crippen LogP contribution in [0.1, 0.15) is 47.5 Å². The molecule has 0 atom stereocenters. The van der Waals surface area contributed by atoms with Gasteiger partial charge in [0.2, 0.25) is 10.0 Å². The lowest BCUT2D eigenvalue weighted by Crippen LogP contribution is -2.36. The van der Waals surface area contributed by atoms with Crippen LogP contribution < -0.4 is 0 Å². The lowest BCUT2D eigenvalue weighted by atomic mass is 9.94. The quantitative estimate of drug-likeness (QED) is 0.791. The van der Waals surface area contributed by atoms with Crippen molar-refractivity contribution in [3.8, 4) is 0 Å². The normalized spacial score (nSPS) is 24.2. The summed E-state index contributed by atoms with van der Waals surface area (Å²) >= 11 is 0. The first kappa shape index (κ1) is 17.9. The molecule has 0 unspecified atom stereocenters. The Kier molecular flexibility index (Phi) is 4.99. The standard InChI is InChI=1S/C13H27NO4S2/c1-12(2,3)7-10-20(17,18)14-8-6-13(4,5)19(15,16)11-9-14/h6-11H2,1-5H3. The highest BCUT2D eigenvalue weighted by Crippen LogP contribution is 2.27. The molecule has 20 heavy (non-hydrogen) atoms. The molecule has 120 valence electrons. The average Bonchev–Trinajstić information content (AvgIpc) is 2.34. The topological polar surface area (TPSA) is 71.5 Å². The second-order valence-electron chi connectivity index (χ2n) is 7.35. The van der Waals surface area contributed by atoms with Crippen LogP contribution in [-0.4, -0.2) is 50.5 Å². The monoisotopic (exact) mass is 325 g/mol. The van der Waals surface area contributed by atoms with E-state index in [0.717, 1.165) is 0 Å². The van der Waals surface area contributed by atoms with Crippen molar-refractivity contribution in [2.24, 2.45) is 5.41 Å².